The van der Waals surface area contributed by atoms with Gasteiger partial charge in [-0.2, -0.15) is 0 Å². The molecular formula is C17H20N2O2. The van der Waals surface area contributed by atoms with Gasteiger partial charge in [-0.05, 0) is 43.0 Å². The van der Waals surface area contributed by atoms with Crippen LogP contribution >= 0.6 is 0 Å². The third kappa shape index (κ3) is 2.94. The summed E-state index contributed by atoms with van der Waals surface area (Å²) in [5.41, 5.74) is 2.83. The first kappa shape index (κ1) is 13.7. The van der Waals surface area contributed by atoms with Crippen molar-refractivity contribution in [3.05, 3.63) is 46.8 Å². The Bertz CT molecular complexity index is 592. The lowest BCUT2D eigenvalue weighted by Crippen LogP contribution is -2.22. The molecule has 1 aromatic rings. The molecule has 0 radical (unpaired) electrons. The predicted octanol–water partition coefficient (Wildman–Crippen LogP) is 2.24. The summed E-state index contributed by atoms with van der Waals surface area (Å²) in [5.74, 6) is 1.93. The van der Waals surface area contributed by atoms with Crippen LogP contribution in [0.1, 0.15) is 24.8 Å². The minimum atomic E-state index is 0.175. The van der Waals surface area contributed by atoms with Gasteiger partial charge < -0.3 is 15.4 Å². The Morgan fingerprint density at radius 2 is 1.81 bits per heavy atom. The number of methoxy groups -OCH3 is 1. The highest BCUT2D eigenvalue weighted by Gasteiger charge is 2.25. The van der Waals surface area contributed by atoms with E-state index in [0.29, 0.717) is 0 Å². The molecule has 0 atom stereocenters. The standard InChI is InChI=1S/C17H20N2O2/c1-21-14-7-5-12(6-8-14)11-13-3-2-4-15(16(13)20)17-18-9-10-19-17/h5-8,11,18-19H,2-4,9-10H2,1H3. The molecule has 110 valence electrons. The van der Waals surface area contributed by atoms with E-state index in [1.807, 2.05) is 30.3 Å². The third-order valence-electron chi connectivity index (χ3n) is 3.93. The van der Waals surface area contributed by atoms with E-state index in [-0.39, 0.29) is 5.78 Å². The van der Waals surface area contributed by atoms with Crippen molar-refractivity contribution in [2.45, 2.75) is 19.3 Å². The average Bonchev–Trinajstić information content (AvgIpc) is 3.04. The van der Waals surface area contributed by atoms with E-state index in [4.69, 9.17) is 4.74 Å². The molecule has 2 aliphatic rings. The Hall–Kier alpha value is -2.23. The van der Waals surface area contributed by atoms with Gasteiger partial charge in [-0.25, -0.2) is 0 Å². The van der Waals surface area contributed by atoms with E-state index in [2.05, 4.69) is 10.6 Å². The maximum Gasteiger partial charge on any atom is 0.188 e. The molecule has 4 heteroatoms. The van der Waals surface area contributed by atoms with E-state index in [1.54, 1.807) is 7.11 Å². The summed E-state index contributed by atoms with van der Waals surface area (Å²) in [5, 5.41) is 6.52. The average molecular weight is 284 g/mol. The maximum atomic E-state index is 12.6. The Morgan fingerprint density at radius 1 is 1.10 bits per heavy atom. The van der Waals surface area contributed by atoms with Crippen LogP contribution in [0.2, 0.25) is 0 Å². The number of ketones is 1. The number of carbonyl (C=O) groups is 1. The van der Waals surface area contributed by atoms with Gasteiger partial charge in [0.15, 0.2) is 5.78 Å². The summed E-state index contributed by atoms with van der Waals surface area (Å²) in [4.78, 5) is 12.6. The molecule has 1 aliphatic carbocycles. The van der Waals surface area contributed by atoms with Crippen LogP contribution in [0.25, 0.3) is 6.08 Å². The van der Waals surface area contributed by atoms with Crippen molar-refractivity contribution in [3.63, 3.8) is 0 Å². The number of ether oxygens (including phenoxy) is 1. The van der Waals surface area contributed by atoms with Gasteiger partial charge in [0.1, 0.15) is 11.6 Å². The molecule has 0 unspecified atom stereocenters. The van der Waals surface area contributed by atoms with Crippen LogP contribution in [0.15, 0.2) is 41.2 Å². The van der Waals surface area contributed by atoms with E-state index >= 15 is 0 Å². The topological polar surface area (TPSA) is 50.4 Å². The fourth-order valence-electron chi connectivity index (χ4n) is 2.80. The van der Waals surface area contributed by atoms with Gasteiger partial charge >= 0.3 is 0 Å². The lowest BCUT2D eigenvalue weighted by atomic mass is 9.87. The van der Waals surface area contributed by atoms with Crippen molar-refractivity contribution in [3.8, 4) is 5.75 Å². The number of rotatable bonds is 2. The monoisotopic (exact) mass is 284 g/mol. The number of benzene rings is 1. The van der Waals surface area contributed by atoms with Crippen molar-refractivity contribution in [2.24, 2.45) is 0 Å². The van der Waals surface area contributed by atoms with E-state index in [0.717, 1.165) is 60.6 Å². The Morgan fingerprint density at radius 3 is 2.48 bits per heavy atom. The molecular weight excluding hydrogens is 264 g/mol. The second kappa shape index (κ2) is 6.04. The smallest absolute Gasteiger partial charge is 0.188 e. The maximum absolute atomic E-state index is 12.6. The van der Waals surface area contributed by atoms with Crippen LogP contribution in [0.5, 0.6) is 5.75 Å². The predicted molar refractivity (Wildman–Crippen MR) is 82.9 cm³/mol. The minimum absolute atomic E-state index is 0.175. The Labute approximate surface area is 124 Å². The number of nitrogens with one attached hydrogen (secondary N) is 2. The lowest BCUT2D eigenvalue weighted by molar-refractivity contribution is -0.113. The molecule has 1 heterocycles. The fraction of sp³-hybridized carbons (Fsp3) is 0.353. The summed E-state index contributed by atoms with van der Waals surface area (Å²) in [6.07, 6.45) is 4.72. The first-order valence-electron chi connectivity index (χ1n) is 7.38. The molecule has 1 saturated carbocycles. The van der Waals surface area contributed by atoms with Crippen LogP contribution in [0, 0.1) is 0 Å². The number of hydrogen-bond donors (Lipinski definition) is 2. The summed E-state index contributed by atoms with van der Waals surface area (Å²) >= 11 is 0. The van der Waals surface area contributed by atoms with Crippen molar-refractivity contribution in [1.82, 2.24) is 10.6 Å². The molecule has 2 fully saturated rings. The number of allylic oxidation sites excluding steroid dienone is 2. The van der Waals surface area contributed by atoms with Crippen molar-refractivity contribution in [2.75, 3.05) is 20.2 Å². The zero-order valence-electron chi connectivity index (χ0n) is 12.2. The second-order valence-corrected chi connectivity index (χ2v) is 5.33. The highest BCUT2D eigenvalue weighted by Crippen LogP contribution is 2.28. The van der Waals surface area contributed by atoms with Gasteiger partial charge in [-0.3, -0.25) is 4.79 Å². The molecule has 1 aliphatic heterocycles. The molecule has 4 nitrogen and oxygen atoms in total. The molecule has 1 aromatic carbocycles. The summed E-state index contributed by atoms with van der Waals surface area (Å²) in [7, 11) is 1.65. The van der Waals surface area contributed by atoms with Crippen LogP contribution in [-0.2, 0) is 4.79 Å². The van der Waals surface area contributed by atoms with Crippen LogP contribution in [0.4, 0.5) is 0 Å². The number of hydrogen-bond acceptors (Lipinski definition) is 4. The summed E-state index contributed by atoms with van der Waals surface area (Å²) < 4.78 is 5.15. The van der Waals surface area contributed by atoms with Gasteiger partial charge in [-0.1, -0.05) is 12.1 Å². The molecule has 3 rings (SSSR count). The first-order chi connectivity index (χ1) is 10.3. The van der Waals surface area contributed by atoms with Crippen LogP contribution in [0.3, 0.4) is 0 Å². The Kier molecular flexibility index (Phi) is 3.95. The first-order valence-corrected chi connectivity index (χ1v) is 7.38. The van der Waals surface area contributed by atoms with E-state index < -0.39 is 0 Å². The van der Waals surface area contributed by atoms with E-state index in [1.165, 1.54) is 0 Å². The highest BCUT2D eigenvalue weighted by atomic mass is 16.5. The molecule has 21 heavy (non-hydrogen) atoms. The third-order valence-corrected chi connectivity index (χ3v) is 3.93. The molecule has 2 N–H and O–H groups in total. The Balaban J connectivity index is 1.85. The van der Waals surface area contributed by atoms with Gasteiger partial charge in [0.25, 0.3) is 0 Å². The van der Waals surface area contributed by atoms with Crippen LogP contribution in [-0.4, -0.2) is 26.0 Å². The number of carbonyl (C=O) groups excluding carboxylic acids is 1. The summed E-state index contributed by atoms with van der Waals surface area (Å²) in [6, 6.07) is 7.79. The van der Waals surface area contributed by atoms with Crippen LogP contribution < -0.4 is 15.4 Å². The zero-order valence-corrected chi connectivity index (χ0v) is 12.2. The van der Waals surface area contributed by atoms with Gasteiger partial charge in [0, 0.05) is 24.2 Å². The van der Waals surface area contributed by atoms with Crippen molar-refractivity contribution in [1.29, 1.82) is 0 Å². The molecule has 0 aromatic heterocycles. The highest BCUT2D eigenvalue weighted by molar-refractivity contribution is 6.12. The molecule has 0 bridgehead atoms. The van der Waals surface area contributed by atoms with Crippen molar-refractivity contribution < 1.29 is 9.53 Å². The minimum Gasteiger partial charge on any atom is -0.497 e. The fourth-order valence-corrected chi connectivity index (χ4v) is 2.80. The summed E-state index contributed by atoms with van der Waals surface area (Å²) in [6.45, 7) is 1.79. The molecule has 1 saturated heterocycles. The van der Waals surface area contributed by atoms with Crippen molar-refractivity contribution >= 4 is 11.9 Å². The molecule has 0 amide bonds. The van der Waals surface area contributed by atoms with Gasteiger partial charge in [-0.15, -0.1) is 0 Å². The largest absolute Gasteiger partial charge is 0.497 e. The molecule has 0 spiro atoms. The van der Waals surface area contributed by atoms with E-state index in [9.17, 15) is 4.79 Å². The zero-order chi connectivity index (χ0) is 14.7. The number of Topliss-reactive ketones (excluding diaryl/α,β-unsaturated/α-hetero) is 1. The van der Waals surface area contributed by atoms with Gasteiger partial charge in [0.05, 0.1) is 7.11 Å². The normalized spacial score (nSPS) is 20.4. The van der Waals surface area contributed by atoms with Gasteiger partial charge in [0.2, 0.25) is 0 Å². The quantitative estimate of drug-likeness (QED) is 0.818. The second-order valence-electron chi connectivity index (χ2n) is 5.33. The lowest BCUT2D eigenvalue weighted by Gasteiger charge is -2.18. The SMILES string of the molecule is COc1ccc(C=C2CCCC(=C3NCCN3)C2=O)cc1.